The molecular formula is C20H20N2O7. The summed E-state index contributed by atoms with van der Waals surface area (Å²) >= 11 is 0. The molecule has 2 N–H and O–H groups in total. The van der Waals surface area contributed by atoms with Gasteiger partial charge in [-0.15, -0.1) is 0 Å². The predicted octanol–water partition coefficient (Wildman–Crippen LogP) is 0.933. The molecule has 2 aromatic rings. The summed E-state index contributed by atoms with van der Waals surface area (Å²) in [5.74, 6) is -1.91. The average Bonchev–Trinajstić information content (AvgIpc) is 2.75. The number of para-hydroxylation sites is 1. The number of hydrogen-bond donors (Lipinski definition) is 2. The third-order valence-corrected chi connectivity index (χ3v) is 3.71. The Hall–Kier alpha value is -3.88. The number of carbonyl (C=O) groups is 4. The molecule has 0 aliphatic heterocycles. The molecular weight excluding hydrogens is 380 g/mol. The van der Waals surface area contributed by atoms with Crippen molar-refractivity contribution in [3.8, 4) is 11.5 Å². The van der Waals surface area contributed by atoms with Gasteiger partial charge in [0.05, 0.1) is 19.8 Å². The molecule has 0 radical (unpaired) electrons. The van der Waals surface area contributed by atoms with Crippen molar-refractivity contribution in [3.63, 3.8) is 0 Å². The summed E-state index contributed by atoms with van der Waals surface area (Å²) in [4.78, 5) is 47.5. The van der Waals surface area contributed by atoms with Crippen LogP contribution in [0.15, 0.2) is 48.5 Å². The molecule has 152 valence electrons. The Bertz CT molecular complexity index is 894. The fourth-order valence-electron chi connectivity index (χ4n) is 2.26. The van der Waals surface area contributed by atoms with Crippen LogP contribution in [0.1, 0.15) is 20.7 Å². The maximum absolute atomic E-state index is 12.1. The number of hydrogen-bond acceptors (Lipinski definition) is 7. The van der Waals surface area contributed by atoms with Crippen LogP contribution in [0.2, 0.25) is 0 Å². The molecule has 2 rings (SSSR count). The molecule has 9 heteroatoms. The maximum Gasteiger partial charge on any atom is 0.325 e. The topological polar surface area (TPSA) is 120 Å². The molecule has 0 atom stereocenters. The zero-order chi connectivity index (χ0) is 21.2. The number of benzene rings is 2. The van der Waals surface area contributed by atoms with Gasteiger partial charge < -0.3 is 19.5 Å². The van der Waals surface area contributed by atoms with Crippen LogP contribution in [0, 0.1) is 0 Å². The maximum atomic E-state index is 12.1. The SMILES string of the molecule is COc1ccc(C(=O)NCC(=O)OCC(=O)NC(=O)c2ccccc2OC)cc1. The van der Waals surface area contributed by atoms with Crippen molar-refractivity contribution in [1.82, 2.24) is 10.6 Å². The number of ether oxygens (including phenoxy) is 3. The first-order chi connectivity index (χ1) is 13.9. The minimum atomic E-state index is -0.827. The van der Waals surface area contributed by atoms with E-state index in [1.807, 2.05) is 0 Å². The molecule has 0 aliphatic rings. The largest absolute Gasteiger partial charge is 0.497 e. The quantitative estimate of drug-likeness (QED) is 0.633. The minimum Gasteiger partial charge on any atom is -0.497 e. The van der Waals surface area contributed by atoms with Crippen molar-refractivity contribution in [2.45, 2.75) is 0 Å². The van der Waals surface area contributed by atoms with Gasteiger partial charge in [-0.3, -0.25) is 24.5 Å². The molecule has 0 heterocycles. The van der Waals surface area contributed by atoms with Gasteiger partial charge in [0.1, 0.15) is 18.0 Å². The molecule has 0 spiro atoms. The zero-order valence-corrected chi connectivity index (χ0v) is 15.9. The highest BCUT2D eigenvalue weighted by Crippen LogP contribution is 2.16. The molecule has 9 nitrogen and oxygen atoms in total. The zero-order valence-electron chi connectivity index (χ0n) is 15.9. The Morgan fingerprint density at radius 1 is 0.862 bits per heavy atom. The van der Waals surface area contributed by atoms with Gasteiger partial charge in [0, 0.05) is 5.56 Å². The van der Waals surface area contributed by atoms with Crippen LogP contribution >= 0.6 is 0 Å². The lowest BCUT2D eigenvalue weighted by Crippen LogP contribution is -2.36. The van der Waals surface area contributed by atoms with Crippen molar-refractivity contribution < 1.29 is 33.4 Å². The molecule has 3 amide bonds. The van der Waals surface area contributed by atoms with Crippen LogP contribution in [0.4, 0.5) is 0 Å². The van der Waals surface area contributed by atoms with Gasteiger partial charge in [0.2, 0.25) is 0 Å². The third kappa shape index (κ3) is 6.35. The van der Waals surface area contributed by atoms with E-state index in [0.29, 0.717) is 17.1 Å². The summed E-state index contributed by atoms with van der Waals surface area (Å²) in [6, 6.07) is 12.7. The average molecular weight is 400 g/mol. The molecule has 0 aliphatic carbocycles. The van der Waals surface area contributed by atoms with E-state index in [1.54, 1.807) is 30.3 Å². The second-order valence-electron chi connectivity index (χ2n) is 5.65. The van der Waals surface area contributed by atoms with E-state index in [4.69, 9.17) is 14.2 Å². The molecule has 0 saturated heterocycles. The van der Waals surface area contributed by atoms with Crippen LogP contribution < -0.4 is 20.1 Å². The lowest BCUT2D eigenvalue weighted by atomic mass is 10.2. The Labute approximate surface area is 166 Å². The molecule has 0 aromatic heterocycles. The first-order valence-corrected chi connectivity index (χ1v) is 8.49. The Morgan fingerprint density at radius 2 is 1.55 bits per heavy atom. The van der Waals surface area contributed by atoms with Crippen LogP contribution in [0.3, 0.4) is 0 Å². The second kappa shape index (κ2) is 10.5. The number of methoxy groups -OCH3 is 2. The van der Waals surface area contributed by atoms with Crippen molar-refractivity contribution in [2.75, 3.05) is 27.4 Å². The summed E-state index contributed by atoms with van der Waals surface area (Å²) < 4.78 is 14.8. The summed E-state index contributed by atoms with van der Waals surface area (Å²) in [7, 11) is 2.90. The summed E-state index contributed by atoms with van der Waals surface area (Å²) in [5.41, 5.74) is 0.500. The van der Waals surface area contributed by atoms with Crippen LogP contribution in [0.25, 0.3) is 0 Å². The number of amides is 3. The fourth-order valence-corrected chi connectivity index (χ4v) is 2.26. The fraction of sp³-hybridized carbons (Fsp3) is 0.200. The molecule has 0 fully saturated rings. The monoisotopic (exact) mass is 400 g/mol. The Morgan fingerprint density at radius 3 is 2.21 bits per heavy atom. The van der Waals surface area contributed by atoms with E-state index >= 15 is 0 Å². The molecule has 0 saturated carbocycles. The Kier molecular flexibility index (Phi) is 7.72. The summed E-state index contributed by atoms with van der Waals surface area (Å²) in [6.45, 7) is -1.10. The summed E-state index contributed by atoms with van der Waals surface area (Å²) in [5, 5.41) is 4.47. The first kappa shape index (κ1) is 21.4. The van der Waals surface area contributed by atoms with Gasteiger partial charge in [-0.25, -0.2) is 0 Å². The number of imide groups is 1. The van der Waals surface area contributed by atoms with E-state index in [2.05, 4.69) is 10.6 Å². The minimum absolute atomic E-state index is 0.168. The van der Waals surface area contributed by atoms with Gasteiger partial charge in [0.25, 0.3) is 17.7 Å². The number of esters is 1. The number of carbonyl (C=O) groups excluding carboxylic acids is 4. The second-order valence-corrected chi connectivity index (χ2v) is 5.65. The molecule has 0 unspecified atom stereocenters. The lowest BCUT2D eigenvalue weighted by molar-refractivity contribution is -0.147. The first-order valence-electron chi connectivity index (χ1n) is 8.49. The van der Waals surface area contributed by atoms with E-state index in [1.165, 1.54) is 32.4 Å². The Balaban J connectivity index is 1.75. The van der Waals surface area contributed by atoms with Gasteiger partial charge in [-0.2, -0.15) is 0 Å². The lowest BCUT2D eigenvalue weighted by Gasteiger charge is -2.09. The highest BCUT2D eigenvalue weighted by Gasteiger charge is 2.16. The van der Waals surface area contributed by atoms with Crippen molar-refractivity contribution in [1.29, 1.82) is 0 Å². The normalized spacial score (nSPS) is 9.86. The molecule has 2 aromatic carbocycles. The molecule has 0 bridgehead atoms. The van der Waals surface area contributed by atoms with Gasteiger partial charge in [-0.1, -0.05) is 12.1 Å². The van der Waals surface area contributed by atoms with Crippen molar-refractivity contribution in [3.05, 3.63) is 59.7 Å². The van der Waals surface area contributed by atoms with E-state index < -0.39 is 36.8 Å². The standard InChI is InChI=1S/C20H20N2O7/c1-27-14-9-7-13(8-10-14)19(25)21-11-18(24)29-12-17(23)22-20(26)15-5-3-4-6-16(15)28-2/h3-10H,11-12H2,1-2H3,(H,21,25)(H,22,23,26). The van der Waals surface area contributed by atoms with Crippen LogP contribution in [-0.4, -0.2) is 51.1 Å². The highest BCUT2D eigenvalue weighted by molar-refractivity contribution is 6.06. The van der Waals surface area contributed by atoms with Gasteiger partial charge in [-0.05, 0) is 36.4 Å². The van der Waals surface area contributed by atoms with E-state index in [0.717, 1.165) is 0 Å². The number of rotatable bonds is 8. The van der Waals surface area contributed by atoms with Crippen molar-refractivity contribution in [2.24, 2.45) is 0 Å². The van der Waals surface area contributed by atoms with Gasteiger partial charge >= 0.3 is 5.97 Å². The van der Waals surface area contributed by atoms with Gasteiger partial charge in [0.15, 0.2) is 6.61 Å². The van der Waals surface area contributed by atoms with Crippen LogP contribution in [0.5, 0.6) is 11.5 Å². The third-order valence-electron chi connectivity index (χ3n) is 3.71. The molecule has 29 heavy (non-hydrogen) atoms. The summed E-state index contributed by atoms with van der Waals surface area (Å²) in [6.07, 6.45) is 0. The smallest absolute Gasteiger partial charge is 0.325 e. The predicted molar refractivity (Wildman–Crippen MR) is 102 cm³/mol. The van der Waals surface area contributed by atoms with E-state index in [-0.39, 0.29) is 5.56 Å². The number of nitrogens with one attached hydrogen (secondary N) is 2. The highest BCUT2D eigenvalue weighted by atomic mass is 16.5. The van der Waals surface area contributed by atoms with Crippen molar-refractivity contribution >= 4 is 23.7 Å². The van der Waals surface area contributed by atoms with E-state index in [9.17, 15) is 19.2 Å². The van der Waals surface area contributed by atoms with Crippen LogP contribution in [-0.2, 0) is 14.3 Å².